The average molecular weight is 341 g/mol. The van der Waals surface area contributed by atoms with Gasteiger partial charge in [-0.25, -0.2) is 0 Å². The molecule has 3 rings (SSSR count). The van der Waals surface area contributed by atoms with Gasteiger partial charge >= 0.3 is 0 Å². The van der Waals surface area contributed by atoms with Crippen LogP contribution in [0.2, 0.25) is 0 Å². The van der Waals surface area contributed by atoms with E-state index in [0.29, 0.717) is 18.3 Å². The van der Waals surface area contributed by atoms with Gasteiger partial charge in [0, 0.05) is 45.8 Å². The molecule has 2 heterocycles. The molecule has 1 unspecified atom stereocenters. The van der Waals surface area contributed by atoms with Crippen LogP contribution >= 0.6 is 0 Å². The van der Waals surface area contributed by atoms with Crippen LogP contribution in [0.3, 0.4) is 0 Å². The minimum absolute atomic E-state index is 0.0616. The van der Waals surface area contributed by atoms with E-state index in [0.717, 1.165) is 31.9 Å². The normalized spacial score (nSPS) is 19.1. The van der Waals surface area contributed by atoms with Crippen molar-refractivity contribution in [2.75, 3.05) is 39.8 Å². The molecule has 0 aliphatic carbocycles. The van der Waals surface area contributed by atoms with Crippen LogP contribution in [-0.2, 0) is 7.05 Å². The van der Waals surface area contributed by atoms with Crippen LogP contribution in [0.25, 0.3) is 0 Å². The molecule has 6 nitrogen and oxygen atoms in total. The minimum atomic E-state index is -0.0616. The molecule has 1 saturated heterocycles. The van der Waals surface area contributed by atoms with Crippen molar-refractivity contribution >= 4 is 5.91 Å². The highest BCUT2D eigenvalue weighted by Crippen LogP contribution is 2.24. The Bertz CT molecular complexity index is 712. The maximum atomic E-state index is 12.3. The molecule has 134 valence electrons. The predicted molar refractivity (Wildman–Crippen MR) is 98.5 cm³/mol. The molecule has 1 amide bonds. The number of aryl methyl sites for hydroxylation is 2. The lowest BCUT2D eigenvalue weighted by atomic mass is 10.0. The highest BCUT2D eigenvalue weighted by atomic mass is 16.2. The van der Waals surface area contributed by atoms with Gasteiger partial charge in [0.25, 0.3) is 5.91 Å². The van der Waals surface area contributed by atoms with E-state index in [4.69, 9.17) is 0 Å². The summed E-state index contributed by atoms with van der Waals surface area (Å²) >= 11 is 0. The highest BCUT2D eigenvalue weighted by molar-refractivity contribution is 5.92. The van der Waals surface area contributed by atoms with E-state index in [1.165, 1.54) is 5.56 Å². The second kappa shape index (κ2) is 7.80. The summed E-state index contributed by atoms with van der Waals surface area (Å²) in [5.74, 6) is -0.0616. The summed E-state index contributed by atoms with van der Waals surface area (Å²) in [6, 6.07) is 12.8. The molecular weight excluding hydrogens is 314 g/mol. The Morgan fingerprint density at radius 1 is 1.24 bits per heavy atom. The molecule has 1 N–H and O–H groups in total. The van der Waals surface area contributed by atoms with Crippen molar-refractivity contribution in [1.29, 1.82) is 0 Å². The van der Waals surface area contributed by atoms with Crippen molar-refractivity contribution in [2.45, 2.75) is 13.0 Å². The third kappa shape index (κ3) is 4.27. The summed E-state index contributed by atoms with van der Waals surface area (Å²) in [6.07, 6.45) is 0. The number of benzene rings is 1. The molecule has 1 fully saturated rings. The maximum Gasteiger partial charge on any atom is 0.269 e. The number of nitrogens with zero attached hydrogens (tertiary/aromatic N) is 4. The summed E-state index contributed by atoms with van der Waals surface area (Å²) in [5.41, 5.74) is 2.80. The Morgan fingerprint density at radius 2 is 2.00 bits per heavy atom. The Morgan fingerprint density at radius 3 is 2.68 bits per heavy atom. The van der Waals surface area contributed by atoms with Gasteiger partial charge in [0.15, 0.2) is 0 Å². The quantitative estimate of drug-likeness (QED) is 0.894. The predicted octanol–water partition coefficient (Wildman–Crippen LogP) is 1.45. The van der Waals surface area contributed by atoms with Gasteiger partial charge in [0.1, 0.15) is 5.69 Å². The third-order valence-electron chi connectivity index (χ3n) is 4.80. The van der Waals surface area contributed by atoms with Crippen LogP contribution < -0.4 is 5.32 Å². The van der Waals surface area contributed by atoms with E-state index in [2.05, 4.69) is 57.6 Å². The second-order valence-electron chi connectivity index (χ2n) is 6.78. The molecule has 0 spiro atoms. The number of piperazine rings is 1. The Labute approximate surface area is 149 Å². The number of carbonyl (C=O) groups is 1. The molecule has 1 aliphatic heterocycles. The number of likely N-dealkylation sites (N-methyl/N-ethyl adjacent to an activating group) is 1. The average Bonchev–Trinajstić information content (AvgIpc) is 2.95. The van der Waals surface area contributed by atoms with Gasteiger partial charge < -0.3 is 10.2 Å². The van der Waals surface area contributed by atoms with Gasteiger partial charge in [-0.3, -0.25) is 14.4 Å². The summed E-state index contributed by atoms with van der Waals surface area (Å²) < 4.78 is 1.63. The lowest BCUT2D eigenvalue weighted by Crippen LogP contribution is -2.49. The Balaban J connectivity index is 1.59. The topological polar surface area (TPSA) is 53.4 Å². The first-order chi connectivity index (χ1) is 12.0. The van der Waals surface area contributed by atoms with Crippen LogP contribution in [0.4, 0.5) is 0 Å². The molecule has 25 heavy (non-hydrogen) atoms. The monoisotopic (exact) mass is 341 g/mol. The molecule has 1 atom stereocenters. The molecule has 1 aliphatic rings. The third-order valence-corrected chi connectivity index (χ3v) is 4.80. The van der Waals surface area contributed by atoms with E-state index < -0.39 is 0 Å². The summed E-state index contributed by atoms with van der Waals surface area (Å²) in [5, 5.41) is 7.26. The fraction of sp³-hybridized carbons (Fsp3) is 0.474. The molecule has 1 aromatic heterocycles. The van der Waals surface area contributed by atoms with Crippen molar-refractivity contribution in [3.63, 3.8) is 0 Å². The molecule has 1 aromatic carbocycles. The summed E-state index contributed by atoms with van der Waals surface area (Å²) in [7, 11) is 3.97. The summed E-state index contributed by atoms with van der Waals surface area (Å²) in [6.45, 7) is 6.45. The van der Waals surface area contributed by atoms with Crippen LogP contribution in [0.5, 0.6) is 0 Å². The zero-order chi connectivity index (χ0) is 17.8. The fourth-order valence-corrected chi connectivity index (χ4v) is 3.44. The van der Waals surface area contributed by atoms with Crippen LogP contribution in [-0.4, -0.2) is 65.3 Å². The number of rotatable bonds is 5. The summed E-state index contributed by atoms with van der Waals surface area (Å²) in [4.78, 5) is 17.2. The standard InChI is InChI=1S/C19H27N5O/c1-15-13-17(23(3)21-15)19(25)20-9-10-24-12-11-22(2)14-18(24)16-7-5-4-6-8-16/h4-8,13,18H,9-12,14H2,1-3H3,(H,20,25). The number of nitrogens with one attached hydrogen (secondary N) is 1. The second-order valence-corrected chi connectivity index (χ2v) is 6.78. The van der Waals surface area contributed by atoms with Crippen LogP contribution in [0.1, 0.15) is 27.8 Å². The first kappa shape index (κ1) is 17.6. The molecule has 0 radical (unpaired) electrons. The molecule has 2 aromatic rings. The largest absolute Gasteiger partial charge is 0.349 e. The number of hydrogen-bond acceptors (Lipinski definition) is 4. The van der Waals surface area contributed by atoms with Gasteiger partial charge in [0.2, 0.25) is 0 Å². The van der Waals surface area contributed by atoms with Gasteiger partial charge in [-0.05, 0) is 25.6 Å². The highest BCUT2D eigenvalue weighted by Gasteiger charge is 2.26. The van der Waals surface area contributed by atoms with Crippen molar-refractivity contribution < 1.29 is 4.79 Å². The van der Waals surface area contributed by atoms with E-state index in [1.807, 2.05) is 13.0 Å². The van der Waals surface area contributed by atoms with Crippen molar-refractivity contribution in [3.8, 4) is 0 Å². The number of amides is 1. The smallest absolute Gasteiger partial charge is 0.269 e. The fourth-order valence-electron chi connectivity index (χ4n) is 3.44. The van der Waals surface area contributed by atoms with Crippen molar-refractivity contribution in [3.05, 3.63) is 53.3 Å². The van der Waals surface area contributed by atoms with E-state index >= 15 is 0 Å². The Kier molecular flexibility index (Phi) is 5.50. The van der Waals surface area contributed by atoms with E-state index in [9.17, 15) is 4.79 Å². The number of carbonyl (C=O) groups excluding carboxylic acids is 1. The van der Waals surface area contributed by atoms with Crippen LogP contribution in [0.15, 0.2) is 36.4 Å². The molecule has 6 heteroatoms. The molecule has 0 saturated carbocycles. The first-order valence-electron chi connectivity index (χ1n) is 8.81. The minimum Gasteiger partial charge on any atom is -0.349 e. The lowest BCUT2D eigenvalue weighted by Gasteiger charge is -2.40. The number of hydrogen-bond donors (Lipinski definition) is 1. The zero-order valence-electron chi connectivity index (χ0n) is 15.3. The zero-order valence-corrected chi connectivity index (χ0v) is 15.3. The lowest BCUT2D eigenvalue weighted by molar-refractivity contribution is 0.0838. The molecular formula is C19H27N5O. The van der Waals surface area contributed by atoms with Crippen molar-refractivity contribution in [1.82, 2.24) is 24.9 Å². The van der Waals surface area contributed by atoms with E-state index in [1.54, 1.807) is 11.7 Å². The molecule has 0 bridgehead atoms. The van der Waals surface area contributed by atoms with E-state index in [-0.39, 0.29) is 5.91 Å². The van der Waals surface area contributed by atoms with Gasteiger partial charge in [0.05, 0.1) is 5.69 Å². The SMILES string of the molecule is Cc1cc(C(=O)NCCN2CCN(C)CC2c2ccccc2)n(C)n1. The maximum absolute atomic E-state index is 12.3. The van der Waals surface area contributed by atoms with Crippen molar-refractivity contribution in [2.24, 2.45) is 7.05 Å². The van der Waals surface area contributed by atoms with Crippen LogP contribution in [0, 0.1) is 6.92 Å². The first-order valence-corrected chi connectivity index (χ1v) is 8.81. The Hall–Kier alpha value is -2.18. The van der Waals surface area contributed by atoms with Gasteiger partial charge in [-0.15, -0.1) is 0 Å². The van der Waals surface area contributed by atoms with Gasteiger partial charge in [-0.1, -0.05) is 30.3 Å². The number of aromatic nitrogens is 2. The van der Waals surface area contributed by atoms with Gasteiger partial charge in [-0.2, -0.15) is 5.10 Å².